The van der Waals surface area contributed by atoms with Gasteiger partial charge in [0, 0.05) is 39.0 Å². The van der Waals surface area contributed by atoms with Crippen LogP contribution in [0.1, 0.15) is 23.4 Å². The zero-order valence-electron chi connectivity index (χ0n) is 16.0. The Morgan fingerprint density at radius 3 is 2.53 bits per heavy atom. The molecule has 1 aliphatic heterocycles. The lowest BCUT2D eigenvalue weighted by molar-refractivity contribution is -0.134. The molecular weight excluding hydrogens is 392 g/mol. The number of piperazine rings is 1. The maximum Gasteiger partial charge on any atom is 0.325 e. The van der Waals surface area contributed by atoms with Crippen molar-refractivity contribution in [3.63, 3.8) is 0 Å². The van der Waals surface area contributed by atoms with Crippen LogP contribution in [0.2, 0.25) is 0 Å². The van der Waals surface area contributed by atoms with Crippen molar-refractivity contribution in [2.45, 2.75) is 12.8 Å². The van der Waals surface area contributed by atoms with E-state index in [1.807, 2.05) is 0 Å². The molecule has 3 aromatic rings. The Balaban J connectivity index is 1.23. The molecule has 0 aliphatic carbocycles. The van der Waals surface area contributed by atoms with E-state index in [0.717, 1.165) is 0 Å². The van der Waals surface area contributed by atoms with Gasteiger partial charge in [-0.1, -0.05) is 0 Å². The van der Waals surface area contributed by atoms with Crippen LogP contribution in [0.15, 0.2) is 39.7 Å². The molecule has 0 aromatic carbocycles. The first kappa shape index (κ1) is 19.4. The number of furan rings is 1. The molecule has 3 amide bonds. The number of hydrogen-bond acceptors (Lipinski definition) is 6. The highest BCUT2D eigenvalue weighted by Gasteiger charge is 2.26. The van der Waals surface area contributed by atoms with Crippen LogP contribution in [-0.2, 0) is 9.59 Å². The summed E-state index contributed by atoms with van der Waals surface area (Å²) in [5.74, 6) is -0.115. The van der Waals surface area contributed by atoms with Crippen molar-refractivity contribution in [2.24, 2.45) is 0 Å². The molecule has 1 saturated heterocycles. The van der Waals surface area contributed by atoms with Gasteiger partial charge < -0.3 is 24.5 Å². The van der Waals surface area contributed by atoms with E-state index in [9.17, 15) is 19.2 Å². The fourth-order valence-electron chi connectivity index (χ4n) is 3.28. The summed E-state index contributed by atoms with van der Waals surface area (Å²) in [6.45, 7) is 1.64. The first-order valence-corrected chi connectivity index (χ1v) is 9.49. The number of H-pyrrole nitrogens is 2. The average molecular weight is 412 g/mol. The van der Waals surface area contributed by atoms with E-state index in [-0.39, 0.29) is 42.0 Å². The molecule has 11 nitrogen and oxygen atoms in total. The van der Waals surface area contributed by atoms with Crippen LogP contribution in [0.4, 0.5) is 5.82 Å². The fourth-order valence-corrected chi connectivity index (χ4v) is 3.28. The predicted octanol–water partition coefficient (Wildman–Crippen LogP) is 0.547. The van der Waals surface area contributed by atoms with Crippen LogP contribution in [0, 0.1) is 0 Å². The number of fused-ring (bicyclic) bond motifs is 1. The summed E-state index contributed by atoms with van der Waals surface area (Å²) >= 11 is 0. The lowest BCUT2D eigenvalue weighted by Gasteiger charge is -2.34. The maximum absolute atomic E-state index is 12.4. The van der Waals surface area contributed by atoms with Gasteiger partial charge in [0.1, 0.15) is 5.82 Å². The molecule has 0 saturated carbocycles. The number of aromatic amines is 2. The summed E-state index contributed by atoms with van der Waals surface area (Å²) < 4.78 is 5.12. The molecule has 3 N–H and O–H groups in total. The minimum atomic E-state index is -0.377. The van der Waals surface area contributed by atoms with Crippen molar-refractivity contribution in [3.05, 3.63) is 46.8 Å². The Labute approximate surface area is 170 Å². The Kier molecular flexibility index (Phi) is 5.33. The van der Waals surface area contributed by atoms with Crippen molar-refractivity contribution in [1.29, 1.82) is 0 Å². The van der Waals surface area contributed by atoms with E-state index < -0.39 is 0 Å². The normalized spacial score (nSPS) is 14.1. The van der Waals surface area contributed by atoms with Gasteiger partial charge in [-0.25, -0.2) is 9.78 Å². The quantitative estimate of drug-likeness (QED) is 0.558. The molecule has 30 heavy (non-hydrogen) atoms. The molecule has 0 bridgehead atoms. The van der Waals surface area contributed by atoms with Crippen LogP contribution in [0.3, 0.4) is 0 Å². The number of amides is 3. The smallest absolute Gasteiger partial charge is 0.325 e. The number of nitrogens with one attached hydrogen (secondary N) is 3. The number of hydrogen-bond donors (Lipinski definition) is 3. The lowest BCUT2D eigenvalue weighted by Crippen LogP contribution is -2.50. The standard InChI is InChI=1S/C19H20N6O5/c26-15(21-14-4-3-12-17(22-14)23-19(29)20-12)5-6-16(27)24-7-9-25(10-8-24)18(28)13-2-1-11-30-13/h1-4,11H,5-10H2,(H3,20,21,22,23,26,29). The Hall–Kier alpha value is -3.89. The second-order valence-electron chi connectivity index (χ2n) is 6.87. The van der Waals surface area contributed by atoms with Gasteiger partial charge in [-0.3, -0.25) is 19.4 Å². The molecule has 3 aromatic heterocycles. The highest BCUT2D eigenvalue weighted by Crippen LogP contribution is 2.12. The molecule has 1 fully saturated rings. The monoisotopic (exact) mass is 412 g/mol. The molecule has 0 unspecified atom stereocenters. The first-order valence-electron chi connectivity index (χ1n) is 9.49. The number of nitrogens with zero attached hydrogens (tertiary/aromatic N) is 3. The van der Waals surface area contributed by atoms with Gasteiger partial charge in [0.05, 0.1) is 11.8 Å². The number of pyridine rings is 1. The molecule has 0 radical (unpaired) electrons. The molecule has 4 heterocycles. The van der Waals surface area contributed by atoms with Crippen molar-refractivity contribution < 1.29 is 18.8 Å². The lowest BCUT2D eigenvalue weighted by atomic mass is 10.2. The predicted molar refractivity (Wildman–Crippen MR) is 106 cm³/mol. The van der Waals surface area contributed by atoms with E-state index in [1.54, 1.807) is 34.1 Å². The summed E-state index contributed by atoms with van der Waals surface area (Å²) in [6, 6.07) is 6.47. The zero-order chi connectivity index (χ0) is 21.1. The summed E-state index contributed by atoms with van der Waals surface area (Å²) in [7, 11) is 0. The number of carbonyl (C=O) groups is 3. The van der Waals surface area contributed by atoms with Crippen molar-refractivity contribution >= 4 is 34.7 Å². The molecule has 0 atom stereocenters. The van der Waals surface area contributed by atoms with Gasteiger partial charge in [0.2, 0.25) is 11.8 Å². The molecule has 11 heteroatoms. The Morgan fingerprint density at radius 1 is 1.03 bits per heavy atom. The zero-order valence-corrected chi connectivity index (χ0v) is 16.0. The van der Waals surface area contributed by atoms with Crippen LogP contribution >= 0.6 is 0 Å². The van der Waals surface area contributed by atoms with Crippen LogP contribution in [0.25, 0.3) is 11.2 Å². The van der Waals surface area contributed by atoms with E-state index in [2.05, 4.69) is 20.3 Å². The van der Waals surface area contributed by atoms with Crippen LogP contribution in [0.5, 0.6) is 0 Å². The number of imidazole rings is 1. The third kappa shape index (κ3) is 4.24. The minimum absolute atomic E-state index is 0.00769. The topological polar surface area (TPSA) is 144 Å². The van der Waals surface area contributed by atoms with Crippen molar-refractivity contribution in [1.82, 2.24) is 24.8 Å². The second kappa shape index (κ2) is 8.23. The molecule has 1 aliphatic rings. The van der Waals surface area contributed by atoms with Gasteiger partial charge in [-0.2, -0.15) is 0 Å². The number of rotatable bonds is 5. The molecule has 0 spiro atoms. The van der Waals surface area contributed by atoms with E-state index >= 15 is 0 Å². The van der Waals surface area contributed by atoms with Gasteiger partial charge in [-0.05, 0) is 24.3 Å². The fraction of sp³-hybridized carbons (Fsp3) is 0.316. The van der Waals surface area contributed by atoms with E-state index in [1.165, 1.54) is 6.26 Å². The highest BCUT2D eigenvalue weighted by molar-refractivity contribution is 5.93. The van der Waals surface area contributed by atoms with Crippen molar-refractivity contribution in [2.75, 3.05) is 31.5 Å². The maximum atomic E-state index is 12.4. The number of carbonyl (C=O) groups excluding carboxylic acids is 3. The molecule has 156 valence electrons. The third-order valence-electron chi connectivity index (χ3n) is 4.86. The van der Waals surface area contributed by atoms with Gasteiger partial charge in [-0.15, -0.1) is 0 Å². The molecular formula is C19H20N6O5. The van der Waals surface area contributed by atoms with Crippen LogP contribution in [-0.4, -0.2) is 68.7 Å². The number of anilines is 1. The summed E-state index contributed by atoms with van der Waals surface area (Å²) in [5, 5.41) is 2.62. The first-order chi connectivity index (χ1) is 14.5. The highest BCUT2D eigenvalue weighted by atomic mass is 16.3. The second-order valence-corrected chi connectivity index (χ2v) is 6.87. The molecule has 4 rings (SSSR count). The minimum Gasteiger partial charge on any atom is -0.459 e. The summed E-state index contributed by atoms with van der Waals surface area (Å²) in [6.07, 6.45) is 1.51. The van der Waals surface area contributed by atoms with Gasteiger partial charge in [0.15, 0.2) is 11.4 Å². The Morgan fingerprint density at radius 2 is 1.80 bits per heavy atom. The van der Waals surface area contributed by atoms with Gasteiger partial charge in [0.25, 0.3) is 5.91 Å². The number of aromatic nitrogens is 3. The average Bonchev–Trinajstić information content (AvgIpc) is 3.40. The van der Waals surface area contributed by atoms with Crippen molar-refractivity contribution in [3.8, 4) is 0 Å². The largest absolute Gasteiger partial charge is 0.459 e. The summed E-state index contributed by atoms with van der Waals surface area (Å²) in [4.78, 5) is 60.6. The summed E-state index contributed by atoms with van der Waals surface area (Å²) in [5.41, 5.74) is 0.506. The van der Waals surface area contributed by atoms with Crippen LogP contribution < -0.4 is 11.0 Å². The van der Waals surface area contributed by atoms with Gasteiger partial charge >= 0.3 is 5.69 Å². The van der Waals surface area contributed by atoms with E-state index in [0.29, 0.717) is 43.2 Å². The van der Waals surface area contributed by atoms with E-state index in [4.69, 9.17) is 4.42 Å². The third-order valence-corrected chi connectivity index (χ3v) is 4.86. The Bertz CT molecular complexity index is 1120. The SMILES string of the molecule is O=C(CCC(=O)N1CCN(C(=O)c2ccco2)CC1)Nc1ccc2[nH]c(=O)[nH]c2n1.